The van der Waals surface area contributed by atoms with Crippen LogP contribution >= 0.6 is 0 Å². The van der Waals surface area contributed by atoms with E-state index in [1.54, 1.807) is 24.3 Å². The van der Waals surface area contributed by atoms with E-state index in [9.17, 15) is 18.0 Å². The number of benzene rings is 3. The molecule has 1 saturated heterocycles. The molecular formula is C26H27N3O4S. The number of nitrogens with one attached hydrogen (secondary N) is 2. The van der Waals surface area contributed by atoms with Crippen LogP contribution in [-0.4, -0.2) is 37.6 Å². The van der Waals surface area contributed by atoms with E-state index in [1.807, 2.05) is 37.3 Å². The van der Waals surface area contributed by atoms with E-state index in [-0.39, 0.29) is 16.8 Å². The summed E-state index contributed by atoms with van der Waals surface area (Å²) >= 11 is 0. The SMILES string of the molecule is C[C@@H](NC(=O)c1ccccc1NC(=O)c1ccc(S(=O)(=O)N2CCCC2)cc1)c1ccccc1. The second-order valence-corrected chi connectivity index (χ2v) is 10.2. The molecule has 8 heteroatoms. The van der Waals surface area contributed by atoms with Crippen molar-refractivity contribution >= 4 is 27.5 Å². The van der Waals surface area contributed by atoms with E-state index in [1.165, 1.54) is 28.6 Å². The minimum atomic E-state index is -3.54. The standard InChI is InChI=1S/C26H27N3O4S/c1-19(20-9-3-2-4-10-20)27-26(31)23-11-5-6-12-24(23)28-25(30)21-13-15-22(16-14-21)34(32,33)29-17-7-8-18-29/h2-6,9-16,19H,7-8,17-18H2,1H3,(H,27,31)(H,28,30)/t19-/m1/s1. The van der Waals surface area contributed by atoms with Gasteiger partial charge in [-0.3, -0.25) is 9.59 Å². The van der Waals surface area contributed by atoms with Gasteiger partial charge in [-0.15, -0.1) is 0 Å². The lowest BCUT2D eigenvalue weighted by molar-refractivity contribution is 0.0940. The summed E-state index contributed by atoms with van der Waals surface area (Å²) in [7, 11) is -3.54. The number of hydrogen-bond donors (Lipinski definition) is 2. The summed E-state index contributed by atoms with van der Waals surface area (Å²) in [6.07, 6.45) is 1.72. The molecule has 1 fully saturated rings. The molecule has 0 aliphatic carbocycles. The largest absolute Gasteiger partial charge is 0.345 e. The lowest BCUT2D eigenvalue weighted by Gasteiger charge is -2.17. The number of carbonyl (C=O) groups is 2. The first kappa shape index (κ1) is 23.7. The predicted octanol–water partition coefficient (Wildman–Crippen LogP) is 4.21. The monoisotopic (exact) mass is 477 g/mol. The van der Waals surface area contributed by atoms with Gasteiger partial charge < -0.3 is 10.6 Å². The first-order valence-electron chi connectivity index (χ1n) is 11.2. The Balaban J connectivity index is 1.47. The summed E-state index contributed by atoms with van der Waals surface area (Å²) in [6, 6.07) is 22.0. The van der Waals surface area contributed by atoms with Crippen molar-refractivity contribution < 1.29 is 18.0 Å². The third kappa shape index (κ3) is 5.18. The Bertz CT molecular complexity index is 1270. The highest BCUT2D eigenvalue weighted by molar-refractivity contribution is 7.89. The summed E-state index contributed by atoms with van der Waals surface area (Å²) in [6.45, 7) is 2.94. The van der Waals surface area contributed by atoms with Gasteiger partial charge >= 0.3 is 0 Å². The molecule has 3 aromatic rings. The summed E-state index contributed by atoms with van der Waals surface area (Å²) in [5, 5.41) is 5.73. The topological polar surface area (TPSA) is 95.6 Å². The van der Waals surface area contributed by atoms with Crippen LogP contribution in [0.5, 0.6) is 0 Å². The van der Waals surface area contributed by atoms with E-state index >= 15 is 0 Å². The molecular weight excluding hydrogens is 450 g/mol. The Labute approximate surface area is 199 Å². The average molecular weight is 478 g/mol. The number of carbonyl (C=O) groups excluding carboxylic acids is 2. The van der Waals surface area contributed by atoms with Crippen LogP contribution in [0, 0.1) is 0 Å². The molecule has 0 spiro atoms. The molecule has 4 rings (SSSR count). The van der Waals surface area contributed by atoms with Gasteiger partial charge in [-0.1, -0.05) is 42.5 Å². The van der Waals surface area contributed by atoms with Crippen LogP contribution in [0.2, 0.25) is 0 Å². The second kappa shape index (κ2) is 10.2. The quantitative estimate of drug-likeness (QED) is 0.533. The molecule has 34 heavy (non-hydrogen) atoms. The van der Waals surface area contributed by atoms with Gasteiger partial charge in [0.2, 0.25) is 10.0 Å². The number of hydrogen-bond acceptors (Lipinski definition) is 4. The summed E-state index contributed by atoms with van der Waals surface area (Å²) < 4.78 is 26.9. The Kier molecular flexibility index (Phi) is 7.09. The van der Waals surface area contributed by atoms with E-state index < -0.39 is 15.9 Å². The van der Waals surface area contributed by atoms with Crippen LogP contribution in [0.25, 0.3) is 0 Å². The molecule has 1 aliphatic rings. The number of sulfonamides is 1. The third-order valence-corrected chi connectivity index (χ3v) is 7.80. The molecule has 0 bridgehead atoms. The van der Waals surface area contributed by atoms with Gasteiger partial charge in [-0.2, -0.15) is 4.31 Å². The fourth-order valence-electron chi connectivity index (χ4n) is 3.94. The van der Waals surface area contributed by atoms with E-state index in [2.05, 4.69) is 10.6 Å². The molecule has 0 saturated carbocycles. The Morgan fingerprint density at radius 1 is 0.824 bits per heavy atom. The number of amides is 2. The molecule has 0 radical (unpaired) electrons. The van der Waals surface area contributed by atoms with Crippen molar-refractivity contribution in [3.05, 3.63) is 95.6 Å². The van der Waals surface area contributed by atoms with Crippen LogP contribution in [0.1, 0.15) is 52.1 Å². The van der Waals surface area contributed by atoms with Crippen LogP contribution in [0.3, 0.4) is 0 Å². The summed E-state index contributed by atoms with van der Waals surface area (Å²) in [5.74, 6) is -0.735. The minimum absolute atomic E-state index is 0.167. The summed E-state index contributed by atoms with van der Waals surface area (Å²) in [5.41, 5.74) is 1.99. The van der Waals surface area contributed by atoms with Crippen molar-refractivity contribution in [3.8, 4) is 0 Å². The van der Waals surface area contributed by atoms with Crippen LogP contribution in [0.15, 0.2) is 83.8 Å². The average Bonchev–Trinajstić information content (AvgIpc) is 3.41. The van der Waals surface area contributed by atoms with Gasteiger partial charge in [0.05, 0.1) is 22.2 Å². The molecule has 176 valence electrons. The number of nitrogens with zero attached hydrogens (tertiary/aromatic N) is 1. The molecule has 7 nitrogen and oxygen atoms in total. The second-order valence-electron chi connectivity index (χ2n) is 8.24. The smallest absolute Gasteiger partial charge is 0.255 e. The van der Waals surface area contributed by atoms with Crippen molar-refractivity contribution in [1.29, 1.82) is 0 Å². The van der Waals surface area contributed by atoms with E-state index in [0.29, 0.717) is 29.9 Å². The molecule has 1 atom stereocenters. The van der Waals surface area contributed by atoms with Crippen molar-refractivity contribution in [3.63, 3.8) is 0 Å². The Morgan fingerprint density at radius 2 is 1.44 bits per heavy atom. The maximum absolute atomic E-state index is 12.9. The number of anilines is 1. The van der Waals surface area contributed by atoms with Crippen molar-refractivity contribution in [1.82, 2.24) is 9.62 Å². The van der Waals surface area contributed by atoms with E-state index in [4.69, 9.17) is 0 Å². The number of rotatable bonds is 7. The van der Waals surface area contributed by atoms with Crippen molar-refractivity contribution in [2.24, 2.45) is 0 Å². The zero-order valence-electron chi connectivity index (χ0n) is 18.9. The first-order chi connectivity index (χ1) is 16.4. The molecule has 1 heterocycles. The fourth-order valence-corrected chi connectivity index (χ4v) is 5.46. The maximum atomic E-state index is 12.9. The van der Waals surface area contributed by atoms with Crippen molar-refractivity contribution in [2.75, 3.05) is 18.4 Å². The fraction of sp³-hybridized carbons (Fsp3) is 0.231. The highest BCUT2D eigenvalue weighted by atomic mass is 32.2. The Hall–Kier alpha value is -3.49. The zero-order valence-corrected chi connectivity index (χ0v) is 19.7. The van der Waals surface area contributed by atoms with Gasteiger partial charge in [0.15, 0.2) is 0 Å². The van der Waals surface area contributed by atoms with E-state index in [0.717, 1.165) is 18.4 Å². The molecule has 0 aromatic heterocycles. The first-order valence-corrected chi connectivity index (χ1v) is 12.7. The van der Waals surface area contributed by atoms with Gasteiger partial charge in [0.1, 0.15) is 0 Å². The molecule has 2 amide bonds. The molecule has 0 unspecified atom stereocenters. The highest BCUT2D eigenvalue weighted by Crippen LogP contribution is 2.22. The molecule has 1 aliphatic heterocycles. The number of para-hydroxylation sites is 1. The van der Waals surface area contributed by atoms with Gasteiger partial charge in [-0.05, 0) is 61.7 Å². The van der Waals surface area contributed by atoms with Gasteiger partial charge in [0.25, 0.3) is 11.8 Å². The third-order valence-electron chi connectivity index (χ3n) is 5.89. The maximum Gasteiger partial charge on any atom is 0.255 e. The Morgan fingerprint density at radius 3 is 2.12 bits per heavy atom. The van der Waals surface area contributed by atoms with Crippen LogP contribution in [0.4, 0.5) is 5.69 Å². The minimum Gasteiger partial charge on any atom is -0.345 e. The lowest BCUT2D eigenvalue weighted by Crippen LogP contribution is -2.28. The van der Waals surface area contributed by atoms with Gasteiger partial charge in [0, 0.05) is 18.7 Å². The summed E-state index contributed by atoms with van der Waals surface area (Å²) in [4.78, 5) is 25.9. The lowest BCUT2D eigenvalue weighted by atomic mass is 10.1. The van der Waals surface area contributed by atoms with Crippen LogP contribution in [-0.2, 0) is 10.0 Å². The zero-order chi connectivity index (χ0) is 24.1. The van der Waals surface area contributed by atoms with Crippen molar-refractivity contribution in [2.45, 2.75) is 30.7 Å². The van der Waals surface area contributed by atoms with Gasteiger partial charge in [-0.25, -0.2) is 8.42 Å². The molecule has 3 aromatic carbocycles. The normalized spacial score (nSPS) is 15.0. The highest BCUT2D eigenvalue weighted by Gasteiger charge is 2.27. The molecule has 2 N–H and O–H groups in total. The predicted molar refractivity (Wildman–Crippen MR) is 131 cm³/mol. The van der Waals surface area contributed by atoms with Crippen LogP contribution < -0.4 is 10.6 Å².